The maximum atomic E-state index is 13.4. The number of nitrogens with one attached hydrogen (secondary N) is 4. The molecule has 262 valence electrons. The number of benzene rings is 1. The Morgan fingerprint density at radius 3 is 2.19 bits per heavy atom. The summed E-state index contributed by atoms with van der Waals surface area (Å²) in [5.41, 5.74) is 5.66. The van der Waals surface area contributed by atoms with Crippen molar-refractivity contribution in [1.82, 2.24) is 21.3 Å². The van der Waals surface area contributed by atoms with Crippen LogP contribution in [0.5, 0.6) is 5.75 Å². The van der Waals surface area contributed by atoms with Crippen LogP contribution in [0, 0.1) is 5.92 Å². The molecule has 1 aliphatic heterocycles. The van der Waals surface area contributed by atoms with E-state index in [2.05, 4.69) is 26.4 Å². The summed E-state index contributed by atoms with van der Waals surface area (Å²) in [5, 5.41) is 70.9. The number of phenolic OH excluding ortho intramolecular Hbond substituents is 1. The Bertz CT molecular complexity index is 1250. The minimum atomic E-state index is -1.79. The minimum absolute atomic E-state index is 0.0230. The first kappa shape index (κ1) is 38.8. The Labute approximate surface area is 269 Å². The molecule has 5 amide bonds. The number of amides is 5. The molecule has 1 aromatic rings. The van der Waals surface area contributed by atoms with Gasteiger partial charge in [0.25, 0.3) is 12.2 Å². The number of aliphatic hydroxyl groups excluding tert-OH is 5. The quantitative estimate of drug-likeness (QED) is 0.0546. The van der Waals surface area contributed by atoms with Crippen molar-refractivity contribution in [1.29, 1.82) is 0 Å². The fourth-order valence-electron chi connectivity index (χ4n) is 4.29. The molecule has 0 saturated carbocycles. The average molecular weight is 671 g/mol. The van der Waals surface area contributed by atoms with Gasteiger partial charge in [0.1, 0.15) is 54.5 Å². The van der Waals surface area contributed by atoms with Crippen molar-refractivity contribution >= 4 is 35.8 Å². The number of primary amides is 1. The van der Waals surface area contributed by atoms with Crippen LogP contribution in [0.2, 0.25) is 0 Å². The van der Waals surface area contributed by atoms with Crippen molar-refractivity contribution in [3.8, 4) is 5.75 Å². The Balaban J connectivity index is 2.09. The van der Waals surface area contributed by atoms with Crippen LogP contribution in [0.15, 0.2) is 29.4 Å². The topological polar surface area (TPSA) is 312 Å². The van der Waals surface area contributed by atoms with Gasteiger partial charge in [-0.1, -0.05) is 37.6 Å². The van der Waals surface area contributed by atoms with Crippen LogP contribution in [0.25, 0.3) is 0 Å². The molecule has 0 bridgehead atoms. The summed E-state index contributed by atoms with van der Waals surface area (Å²) >= 11 is 0. The van der Waals surface area contributed by atoms with E-state index in [1.54, 1.807) is 13.8 Å². The zero-order chi connectivity index (χ0) is 35.3. The van der Waals surface area contributed by atoms with E-state index in [9.17, 15) is 54.6 Å². The molecule has 0 aliphatic carbocycles. The van der Waals surface area contributed by atoms with Crippen molar-refractivity contribution in [2.75, 3.05) is 19.8 Å². The van der Waals surface area contributed by atoms with Gasteiger partial charge in [0.15, 0.2) is 0 Å². The van der Waals surface area contributed by atoms with Crippen LogP contribution in [0.4, 0.5) is 0 Å². The third-order valence-electron chi connectivity index (χ3n) is 7.24. The Morgan fingerprint density at radius 1 is 0.957 bits per heavy atom. The largest absolute Gasteiger partial charge is 0.508 e. The molecule has 1 saturated heterocycles. The number of carbonyl (C=O) groups is 5. The van der Waals surface area contributed by atoms with Crippen molar-refractivity contribution in [3.05, 3.63) is 29.8 Å². The summed E-state index contributed by atoms with van der Waals surface area (Å²) in [5.74, 6) is -4.92. The molecule has 19 heteroatoms. The van der Waals surface area contributed by atoms with Crippen molar-refractivity contribution in [3.63, 3.8) is 0 Å². The molecule has 19 nitrogen and oxygen atoms in total. The molecule has 0 aromatic heterocycles. The summed E-state index contributed by atoms with van der Waals surface area (Å²) in [6.07, 6.45) is -7.29. The molecule has 1 fully saturated rings. The molecule has 4 unspecified atom stereocenters. The number of carbonyl (C=O) groups excluding carboxylic acids is 5. The fraction of sp³-hybridized carbons (Fsp3) is 0.571. The first-order chi connectivity index (χ1) is 22.2. The van der Waals surface area contributed by atoms with Gasteiger partial charge in [-0.25, -0.2) is 0 Å². The molecule has 1 aromatic carbocycles. The zero-order valence-corrected chi connectivity index (χ0v) is 25.7. The predicted octanol–water partition coefficient (Wildman–Crippen LogP) is -5.17. The maximum Gasteiger partial charge on any atom is 0.266 e. The summed E-state index contributed by atoms with van der Waals surface area (Å²) in [6, 6.07) is 1.73. The number of hydrogen-bond donors (Lipinski definition) is 11. The first-order valence-electron chi connectivity index (χ1n) is 14.6. The van der Waals surface area contributed by atoms with E-state index in [-0.39, 0.29) is 12.2 Å². The highest BCUT2D eigenvalue weighted by Gasteiger charge is 2.45. The molecule has 1 aliphatic rings. The van der Waals surface area contributed by atoms with Gasteiger partial charge >= 0.3 is 0 Å². The Kier molecular flexibility index (Phi) is 15.4. The SMILES string of the molecule is CCC(C)[C@H](NC(=O)[C@H](CO)NC(=O)/C=N/O[C@@H]1OC(CO)[C@@H](O)C(O)C1O)C(=O)N[C@@H](Cc1ccc(O)cc1)C(=O)NCC(N)=O. The van der Waals surface area contributed by atoms with Crippen molar-refractivity contribution in [2.24, 2.45) is 16.8 Å². The number of rotatable bonds is 17. The molecular formula is C28H42N6O13. The van der Waals surface area contributed by atoms with Gasteiger partial charge < -0.3 is 67.2 Å². The number of ether oxygens (including phenoxy) is 1. The molecule has 12 N–H and O–H groups in total. The number of nitrogens with zero attached hydrogens (tertiary/aromatic N) is 1. The normalized spacial score (nSPS) is 23.5. The molecule has 1 heterocycles. The summed E-state index contributed by atoms with van der Waals surface area (Å²) in [4.78, 5) is 67.7. The number of aromatic hydroxyl groups is 1. The van der Waals surface area contributed by atoms with E-state index in [0.717, 1.165) is 0 Å². The minimum Gasteiger partial charge on any atom is -0.508 e. The molecule has 47 heavy (non-hydrogen) atoms. The van der Waals surface area contributed by atoms with Gasteiger partial charge in [0.2, 0.25) is 23.6 Å². The third-order valence-corrected chi connectivity index (χ3v) is 7.24. The molecule has 0 radical (unpaired) electrons. The maximum absolute atomic E-state index is 13.4. The lowest BCUT2D eigenvalue weighted by Crippen LogP contribution is -2.59. The van der Waals surface area contributed by atoms with Gasteiger partial charge in [-0.05, 0) is 23.6 Å². The molecule has 9 atom stereocenters. The number of aliphatic hydroxyl groups is 5. The van der Waals surface area contributed by atoms with Crippen molar-refractivity contribution in [2.45, 2.75) is 75.5 Å². The van der Waals surface area contributed by atoms with E-state index < -0.39 is 104 Å². The highest BCUT2D eigenvalue weighted by Crippen LogP contribution is 2.22. The number of phenols is 1. The number of oxime groups is 1. The van der Waals surface area contributed by atoms with Crippen molar-refractivity contribution < 1.29 is 64.2 Å². The number of nitrogens with two attached hydrogens (primary N) is 1. The van der Waals surface area contributed by atoms with E-state index >= 15 is 0 Å². The third kappa shape index (κ3) is 11.7. The van der Waals surface area contributed by atoms with Crippen LogP contribution in [-0.4, -0.2) is 135 Å². The smallest absolute Gasteiger partial charge is 0.266 e. The Hall–Kier alpha value is -4.40. The second-order valence-corrected chi connectivity index (χ2v) is 10.8. The van der Waals surface area contributed by atoms with Crippen LogP contribution in [-0.2, 0) is 40.0 Å². The van der Waals surface area contributed by atoms with E-state index in [4.69, 9.17) is 15.3 Å². The van der Waals surface area contributed by atoms with Crippen LogP contribution < -0.4 is 27.0 Å². The lowest BCUT2D eigenvalue weighted by atomic mass is 9.96. The second kappa shape index (κ2) is 18.7. The van der Waals surface area contributed by atoms with Gasteiger partial charge in [-0.3, -0.25) is 24.0 Å². The monoisotopic (exact) mass is 670 g/mol. The van der Waals surface area contributed by atoms with Crippen LogP contribution in [0.1, 0.15) is 25.8 Å². The summed E-state index contributed by atoms with van der Waals surface area (Å²) in [6.45, 7) is 1.25. The lowest BCUT2D eigenvalue weighted by molar-refractivity contribution is -0.301. The van der Waals surface area contributed by atoms with E-state index in [1.807, 2.05) is 0 Å². The standard InChI is InChI=1S/C28H42N6O13/c1-3-13(2)21(27(45)33-16(25(43)30-9-19(29)38)8-14-4-6-15(37)7-5-14)34-26(44)17(11-35)32-20(39)10-31-47-28-24(42)23(41)22(40)18(12-36)46-28/h4-7,10,13,16-18,21-24,28,35-37,40-42H,3,8-9,11-12H2,1-2H3,(H2,29,38)(H,30,43)(H,32,39)(H,33,45)(H,34,44)/b31-10+/t13?,16-,17-,18?,21-,22+,23?,24?,28-/m0/s1. The fourth-order valence-corrected chi connectivity index (χ4v) is 4.29. The second-order valence-electron chi connectivity index (χ2n) is 10.8. The molecule has 0 spiro atoms. The van der Waals surface area contributed by atoms with Gasteiger partial charge in [0, 0.05) is 6.42 Å². The van der Waals surface area contributed by atoms with Gasteiger partial charge in [0.05, 0.1) is 19.8 Å². The highest BCUT2D eigenvalue weighted by atomic mass is 16.8. The van der Waals surface area contributed by atoms with E-state index in [1.165, 1.54) is 24.3 Å². The van der Waals surface area contributed by atoms with Gasteiger partial charge in [-0.15, -0.1) is 0 Å². The number of hydrogen-bond acceptors (Lipinski definition) is 14. The lowest BCUT2D eigenvalue weighted by Gasteiger charge is -2.38. The highest BCUT2D eigenvalue weighted by molar-refractivity contribution is 6.26. The first-order valence-corrected chi connectivity index (χ1v) is 14.6. The van der Waals surface area contributed by atoms with Gasteiger partial charge in [-0.2, -0.15) is 0 Å². The summed E-state index contributed by atoms with van der Waals surface area (Å²) in [7, 11) is 0. The molecule has 2 rings (SSSR count). The Morgan fingerprint density at radius 2 is 1.62 bits per heavy atom. The van der Waals surface area contributed by atoms with Crippen LogP contribution in [0.3, 0.4) is 0 Å². The average Bonchev–Trinajstić information content (AvgIpc) is 3.04. The zero-order valence-electron chi connectivity index (χ0n) is 25.7. The van der Waals surface area contributed by atoms with Crippen LogP contribution >= 0.6 is 0 Å². The molecular weight excluding hydrogens is 628 g/mol. The predicted molar refractivity (Wildman–Crippen MR) is 160 cm³/mol. The summed E-state index contributed by atoms with van der Waals surface area (Å²) < 4.78 is 5.08. The van der Waals surface area contributed by atoms with E-state index in [0.29, 0.717) is 18.2 Å².